The van der Waals surface area contributed by atoms with Crippen LogP contribution in [0.4, 0.5) is 0 Å². The Morgan fingerprint density at radius 1 is 0.355 bits per heavy atom. The summed E-state index contributed by atoms with van der Waals surface area (Å²) in [7, 11) is 1.76. The van der Waals surface area contributed by atoms with Crippen molar-refractivity contribution in [1.29, 1.82) is 0 Å². The molecular weight excluding hydrogens is 1360 g/mol. The Morgan fingerprint density at radius 2 is 0.626 bits per heavy atom. The number of carbonyl (C=O) groups excluding carboxylic acids is 3. The molecule has 0 N–H and O–H groups in total. The maximum Gasteiger partial charge on any atom is 0.333 e. The minimum atomic E-state index is -0.284. The highest BCUT2D eigenvalue weighted by Crippen LogP contribution is 2.26. The Labute approximate surface area is 657 Å². The summed E-state index contributed by atoms with van der Waals surface area (Å²) in [5, 5.41) is 0. The zero-order valence-electron chi connectivity index (χ0n) is 71.9. The summed E-state index contributed by atoms with van der Waals surface area (Å²) in [6.07, 6.45) is 47.7. The fraction of sp³-hybridized carbons (Fsp3) is 0.898. The molecule has 19 nitrogen and oxygen atoms in total. The van der Waals surface area contributed by atoms with Crippen molar-refractivity contribution in [1.82, 2.24) is 0 Å². The van der Waals surface area contributed by atoms with Crippen molar-refractivity contribution in [2.45, 2.75) is 363 Å². The monoisotopic (exact) mass is 1530 g/mol. The third-order valence-electron chi connectivity index (χ3n) is 17.1. The molecule has 7 atom stereocenters. The van der Waals surface area contributed by atoms with E-state index in [9.17, 15) is 14.4 Å². The van der Waals surface area contributed by atoms with Crippen LogP contribution >= 0.6 is 0 Å². The number of Topliss-reactive ketones (excluding diaryl/α,β-unsaturated/α-hetero) is 1. The summed E-state index contributed by atoms with van der Waals surface area (Å²) in [4.78, 5) is 32.4. The third kappa shape index (κ3) is 95.6. The highest BCUT2D eigenvalue weighted by atomic mass is 16.6. The largest absolute Gasteiger partial charge is 0.462 e. The van der Waals surface area contributed by atoms with Gasteiger partial charge in [0.2, 0.25) is 0 Å². The van der Waals surface area contributed by atoms with Crippen LogP contribution in [-0.4, -0.2) is 212 Å². The predicted octanol–water partition coefficient (Wildman–Crippen LogP) is 20.4. The first-order chi connectivity index (χ1) is 51.9. The number of ether oxygens (including phenoxy) is 16. The maximum atomic E-state index is 10.9. The van der Waals surface area contributed by atoms with Gasteiger partial charge in [0.25, 0.3) is 0 Å². The molecule has 0 aromatic rings. The number of hydrogen-bond acceptors (Lipinski definition) is 19. The maximum absolute atomic E-state index is 10.9. The van der Waals surface area contributed by atoms with Crippen molar-refractivity contribution >= 4 is 17.7 Å². The Bertz CT molecular complexity index is 1920. The van der Waals surface area contributed by atoms with Crippen LogP contribution in [-0.2, 0) is 90.2 Å². The van der Waals surface area contributed by atoms with Crippen LogP contribution in [0, 0.1) is 0 Å². The average Bonchev–Trinajstić information content (AvgIpc) is 1.70. The van der Waals surface area contributed by atoms with Gasteiger partial charge in [-0.1, -0.05) is 242 Å². The molecule has 6 saturated heterocycles. The van der Waals surface area contributed by atoms with E-state index >= 15 is 0 Å². The van der Waals surface area contributed by atoms with Crippen molar-refractivity contribution in [2.75, 3.05) is 152 Å². The van der Waals surface area contributed by atoms with Crippen LogP contribution in [0.5, 0.6) is 0 Å². The number of esters is 2. The number of methoxy groups -OCH3 is 1. The van der Waals surface area contributed by atoms with E-state index in [4.69, 9.17) is 75.8 Å². The van der Waals surface area contributed by atoms with E-state index in [0.29, 0.717) is 73.2 Å². The topological polar surface area (TPSA) is 219 Å². The van der Waals surface area contributed by atoms with Gasteiger partial charge in [0, 0.05) is 71.1 Å². The fourth-order valence-electron chi connectivity index (χ4n) is 9.11. The van der Waals surface area contributed by atoms with Gasteiger partial charge in [-0.3, -0.25) is 4.79 Å². The van der Waals surface area contributed by atoms with E-state index in [-0.39, 0.29) is 29.9 Å². The number of hydrogen-bond donors (Lipinski definition) is 0. The van der Waals surface area contributed by atoms with Crippen molar-refractivity contribution in [3.05, 3.63) is 36.5 Å². The van der Waals surface area contributed by atoms with Crippen LogP contribution < -0.4 is 0 Å². The fourth-order valence-corrected chi connectivity index (χ4v) is 9.11. The zero-order valence-corrected chi connectivity index (χ0v) is 71.9. The van der Waals surface area contributed by atoms with Crippen molar-refractivity contribution in [2.24, 2.45) is 0 Å². The number of epoxide rings is 6. The summed E-state index contributed by atoms with van der Waals surface area (Å²) in [5.74, 6) is -0.555. The van der Waals surface area contributed by atoms with Crippen LogP contribution in [0.1, 0.15) is 321 Å². The molecule has 6 heterocycles. The van der Waals surface area contributed by atoms with E-state index in [1.54, 1.807) is 27.9 Å². The molecule has 0 radical (unpaired) electrons. The van der Waals surface area contributed by atoms with Gasteiger partial charge in [0.05, 0.1) is 92.0 Å². The first-order valence-corrected chi connectivity index (χ1v) is 43.0. The van der Waals surface area contributed by atoms with Crippen molar-refractivity contribution in [3.63, 3.8) is 0 Å². The second kappa shape index (κ2) is 84.2. The highest BCUT2D eigenvalue weighted by Gasteiger charge is 2.39. The highest BCUT2D eigenvalue weighted by molar-refractivity contribution is 5.95. The molecule has 6 fully saturated rings. The average molecular weight is 1530 g/mol. The lowest BCUT2D eigenvalue weighted by molar-refractivity contribution is -0.139. The molecule has 0 aromatic heterocycles. The second-order valence-electron chi connectivity index (χ2n) is 29.3. The number of ketones is 1. The SMILES string of the molecule is C=C(C)C(=O)COCCCC.C=C(C)C(=O)OCCCC.C=C(C)C(=O)OCCCCCC.CCCCCCCCCOCC1(C)CO1.CCCCCCCCOCC1CO1.CCCCCCCOCC1CO1.CCCCCOCC1OC1C.CCCOCC1CO1.COCCCCCCCCOCC1CO1. The van der Waals surface area contributed by atoms with Crippen LogP contribution in [0.15, 0.2) is 36.5 Å². The van der Waals surface area contributed by atoms with E-state index in [1.807, 2.05) is 0 Å². The van der Waals surface area contributed by atoms with Gasteiger partial charge in [-0.2, -0.15) is 0 Å². The summed E-state index contributed by atoms with van der Waals surface area (Å²) in [6, 6.07) is 0. The van der Waals surface area contributed by atoms with E-state index in [2.05, 4.69) is 89.0 Å². The standard InChI is InChI=1S/C13H26O2.C12H24O3.C11H22O2.C10H20O2.C10H18O2.C9H18O2.C9H16O2.C8H14O2.C6H12O2/c1-3-4-5-6-7-8-9-10-14-11-13(2)12-15-13;1-13-8-6-4-2-3-5-7-9-14-10-12-11-15-12;1-2-3-4-5-6-7-8-12-9-11-10-13-11;1-2-3-4-5-6-7-11-8-10-9-12-10;1-4-5-6-7-8-12-10(11)9(2)3;1-3-4-5-6-10-7-9-8(2)11-9;1-4-5-6-11-7-9(10)8(2)3;1-4-5-6-10-8(9)7(2)3;1-2-3-7-4-6-5-8-6/h3-12H2,1-2H3;12H,2-11H2,1H3;11H,2-10H2,1H3;10H,2-9H2,1H3;2,4-8H2,1,3H3;8-9H,3-7H2,1-2H3;2,4-7H2,1,3H3;2,4-6H2,1,3H3;6H,2-5H2,1H3. The van der Waals surface area contributed by atoms with Crippen LogP contribution in [0.3, 0.4) is 0 Å². The lowest BCUT2D eigenvalue weighted by Gasteiger charge is -2.06. The molecule has 636 valence electrons. The first kappa shape index (κ1) is 108. The molecule has 107 heavy (non-hydrogen) atoms. The smallest absolute Gasteiger partial charge is 0.333 e. The van der Waals surface area contributed by atoms with E-state index < -0.39 is 0 Å². The molecule has 0 spiro atoms. The quantitative estimate of drug-likeness (QED) is 0.0239. The molecule has 7 unspecified atom stereocenters. The molecule has 0 saturated carbocycles. The minimum Gasteiger partial charge on any atom is -0.462 e. The Kier molecular flexibility index (Phi) is 85.3. The Morgan fingerprint density at radius 3 is 0.944 bits per heavy atom. The molecule has 0 bridgehead atoms. The van der Waals surface area contributed by atoms with Gasteiger partial charge >= 0.3 is 11.9 Å². The van der Waals surface area contributed by atoms with Crippen LogP contribution in [0.2, 0.25) is 0 Å². The van der Waals surface area contributed by atoms with Gasteiger partial charge in [0.15, 0.2) is 5.78 Å². The van der Waals surface area contributed by atoms with Gasteiger partial charge in [-0.05, 0) is 104 Å². The zero-order chi connectivity index (χ0) is 79.8. The van der Waals surface area contributed by atoms with E-state index in [1.165, 1.54) is 186 Å². The molecule has 6 aliphatic heterocycles. The molecule has 6 aliphatic rings. The molecule has 19 heteroatoms. The molecule has 0 aliphatic carbocycles. The molecule has 0 aromatic carbocycles. The summed E-state index contributed by atoms with van der Waals surface area (Å²) < 4.78 is 82.8. The van der Waals surface area contributed by atoms with Gasteiger partial charge in [0.1, 0.15) is 42.7 Å². The summed E-state index contributed by atoms with van der Waals surface area (Å²) >= 11 is 0. The van der Waals surface area contributed by atoms with Crippen LogP contribution in [0.25, 0.3) is 0 Å². The Balaban J connectivity index is -0.00000114. The van der Waals surface area contributed by atoms with Gasteiger partial charge in [-0.15, -0.1) is 0 Å². The van der Waals surface area contributed by atoms with Crippen molar-refractivity contribution in [3.8, 4) is 0 Å². The number of unbranched alkanes of at least 4 members (excludes halogenated alkanes) is 27. The first-order valence-electron chi connectivity index (χ1n) is 43.0. The summed E-state index contributed by atoms with van der Waals surface area (Å²) in [6.45, 7) is 54.6. The lowest BCUT2D eigenvalue weighted by Crippen LogP contribution is -2.14. The number of rotatable bonds is 64. The summed E-state index contributed by atoms with van der Waals surface area (Å²) in [5.41, 5.74) is 1.59. The molecular formula is C88H170O19. The van der Waals surface area contributed by atoms with Crippen molar-refractivity contribution < 1.29 is 90.2 Å². The van der Waals surface area contributed by atoms with E-state index in [0.717, 1.165) is 164 Å². The minimum absolute atomic E-state index is 0.00102. The second-order valence-corrected chi connectivity index (χ2v) is 29.3. The third-order valence-corrected chi connectivity index (χ3v) is 17.1. The predicted molar refractivity (Wildman–Crippen MR) is 438 cm³/mol. The van der Waals surface area contributed by atoms with Gasteiger partial charge in [-0.25, -0.2) is 9.59 Å². The lowest BCUT2D eigenvalue weighted by atomic mass is 10.1. The Hall–Kier alpha value is -2.73. The van der Waals surface area contributed by atoms with Gasteiger partial charge < -0.3 is 75.8 Å². The molecule has 6 rings (SSSR count). The molecule has 0 amide bonds. The normalized spacial score (nSPS) is 18.8. The number of carbonyl (C=O) groups is 3.